The standard InChI is InChI=1S/C14H19N3O4S/c1-16(2)14(19)11-3-5-12(6-4-11)17-8-10(7-13(17)18)9-22(15,20)21/h3-6,10H,7-9H2,1-2H3,(H2,15,20,21). The first kappa shape index (κ1) is 16.4. The fourth-order valence-corrected chi connectivity index (χ4v) is 3.39. The predicted octanol–water partition coefficient (Wildman–Crippen LogP) is 0.0298. The number of anilines is 1. The van der Waals surface area contributed by atoms with Crippen LogP contribution in [0.3, 0.4) is 0 Å². The molecular weight excluding hydrogens is 306 g/mol. The number of sulfonamides is 1. The van der Waals surface area contributed by atoms with E-state index in [1.54, 1.807) is 38.4 Å². The van der Waals surface area contributed by atoms with Crippen molar-refractivity contribution in [3.8, 4) is 0 Å². The summed E-state index contributed by atoms with van der Waals surface area (Å²) in [6, 6.07) is 6.68. The lowest BCUT2D eigenvalue weighted by molar-refractivity contribution is -0.117. The Morgan fingerprint density at radius 3 is 2.41 bits per heavy atom. The summed E-state index contributed by atoms with van der Waals surface area (Å²) in [5.74, 6) is -0.760. The second kappa shape index (κ2) is 6.05. The zero-order valence-electron chi connectivity index (χ0n) is 12.5. The number of primary sulfonamides is 1. The van der Waals surface area contributed by atoms with E-state index in [4.69, 9.17) is 5.14 Å². The van der Waals surface area contributed by atoms with E-state index in [0.717, 1.165) is 0 Å². The monoisotopic (exact) mass is 325 g/mol. The van der Waals surface area contributed by atoms with E-state index >= 15 is 0 Å². The second-order valence-corrected chi connectivity index (χ2v) is 7.31. The fraction of sp³-hybridized carbons (Fsp3) is 0.429. The van der Waals surface area contributed by atoms with E-state index in [-0.39, 0.29) is 29.9 Å². The maximum Gasteiger partial charge on any atom is 0.253 e. The molecule has 0 radical (unpaired) electrons. The van der Waals surface area contributed by atoms with E-state index in [1.165, 1.54) is 9.80 Å². The Hall–Kier alpha value is -1.93. The Balaban J connectivity index is 2.12. The van der Waals surface area contributed by atoms with Crippen molar-refractivity contribution in [1.82, 2.24) is 4.90 Å². The van der Waals surface area contributed by atoms with Gasteiger partial charge in [-0.25, -0.2) is 13.6 Å². The van der Waals surface area contributed by atoms with Crippen LogP contribution < -0.4 is 10.0 Å². The number of hydrogen-bond donors (Lipinski definition) is 1. The molecular formula is C14H19N3O4S. The summed E-state index contributed by atoms with van der Waals surface area (Å²) in [5.41, 5.74) is 1.18. The first-order chi connectivity index (χ1) is 10.2. The van der Waals surface area contributed by atoms with Crippen LogP contribution in [-0.2, 0) is 14.8 Å². The molecule has 2 N–H and O–H groups in total. The third-order valence-corrected chi connectivity index (χ3v) is 4.44. The van der Waals surface area contributed by atoms with Gasteiger partial charge in [-0.15, -0.1) is 0 Å². The molecule has 2 rings (SSSR count). The maximum absolute atomic E-state index is 12.0. The molecule has 0 saturated carbocycles. The smallest absolute Gasteiger partial charge is 0.253 e. The van der Waals surface area contributed by atoms with E-state index < -0.39 is 10.0 Å². The summed E-state index contributed by atoms with van der Waals surface area (Å²) in [6.45, 7) is 0.316. The normalized spacial score (nSPS) is 18.6. The number of nitrogens with zero attached hydrogens (tertiary/aromatic N) is 2. The van der Waals surface area contributed by atoms with Crippen molar-refractivity contribution >= 4 is 27.5 Å². The van der Waals surface area contributed by atoms with Crippen LogP contribution in [0.5, 0.6) is 0 Å². The highest BCUT2D eigenvalue weighted by molar-refractivity contribution is 7.89. The number of carbonyl (C=O) groups excluding carboxylic acids is 2. The highest BCUT2D eigenvalue weighted by atomic mass is 32.2. The van der Waals surface area contributed by atoms with Crippen molar-refractivity contribution in [2.75, 3.05) is 31.3 Å². The van der Waals surface area contributed by atoms with Crippen LogP contribution in [0.2, 0.25) is 0 Å². The minimum Gasteiger partial charge on any atom is -0.345 e. The lowest BCUT2D eigenvalue weighted by atomic mass is 10.1. The summed E-state index contributed by atoms with van der Waals surface area (Å²) in [5, 5.41) is 5.03. The Labute approximate surface area is 129 Å². The lowest BCUT2D eigenvalue weighted by Gasteiger charge is -2.17. The highest BCUT2D eigenvalue weighted by Crippen LogP contribution is 2.26. The van der Waals surface area contributed by atoms with Gasteiger partial charge in [0.05, 0.1) is 5.75 Å². The minimum atomic E-state index is -3.59. The van der Waals surface area contributed by atoms with Crippen molar-refractivity contribution in [3.63, 3.8) is 0 Å². The van der Waals surface area contributed by atoms with Gasteiger partial charge in [0, 0.05) is 44.2 Å². The number of amides is 2. The van der Waals surface area contributed by atoms with Crippen LogP contribution in [-0.4, -0.2) is 51.5 Å². The molecule has 0 bridgehead atoms. The predicted molar refractivity (Wildman–Crippen MR) is 82.9 cm³/mol. The quantitative estimate of drug-likeness (QED) is 0.844. The maximum atomic E-state index is 12.0. The number of hydrogen-bond acceptors (Lipinski definition) is 4. The fourth-order valence-electron chi connectivity index (χ4n) is 2.51. The van der Waals surface area contributed by atoms with Gasteiger partial charge in [0.1, 0.15) is 0 Å². The molecule has 1 atom stereocenters. The SMILES string of the molecule is CN(C)C(=O)c1ccc(N2CC(CS(N)(=O)=O)CC2=O)cc1. The summed E-state index contributed by atoms with van der Waals surface area (Å²) < 4.78 is 22.3. The topological polar surface area (TPSA) is 101 Å². The molecule has 0 spiro atoms. The zero-order valence-corrected chi connectivity index (χ0v) is 13.3. The van der Waals surface area contributed by atoms with Crippen molar-refractivity contribution in [1.29, 1.82) is 0 Å². The molecule has 1 aromatic carbocycles. The van der Waals surface area contributed by atoms with Crippen molar-refractivity contribution in [2.45, 2.75) is 6.42 Å². The molecule has 22 heavy (non-hydrogen) atoms. The third kappa shape index (κ3) is 3.83. The molecule has 1 aliphatic rings. The molecule has 1 aliphatic heterocycles. The van der Waals surface area contributed by atoms with Gasteiger partial charge in [-0.2, -0.15) is 0 Å². The molecule has 1 unspecified atom stereocenters. The minimum absolute atomic E-state index is 0.119. The van der Waals surface area contributed by atoms with Crippen molar-refractivity contribution in [2.24, 2.45) is 11.1 Å². The second-order valence-electron chi connectivity index (χ2n) is 5.65. The van der Waals surface area contributed by atoms with E-state index in [0.29, 0.717) is 17.8 Å². The van der Waals surface area contributed by atoms with Crippen LogP contribution in [0.25, 0.3) is 0 Å². The molecule has 0 aliphatic carbocycles. The van der Waals surface area contributed by atoms with Gasteiger partial charge >= 0.3 is 0 Å². The van der Waals surface area contributed by atoms with Gasteiger partial charge in [0.15, 0.2) is 0 Å². The number of nitrogens with two attached hydrogens (primary N) is 1. The van der Waals surface area contributed by atoms with Crippen molar-refractivity contribution < 1.29 is 18.0 Å². The van der Waals surface area contributed by atoms with Gasteiger partial charge < -0.3 is 9.80 Å². The Kier molecular flexibility index (Phi) is 4.52. The van der Waals surface area contributed by atoms with E-state index in [9.17, 15) is 18.0 Å². The van der Waals surface area contributed by atoms with Gasteiger partial charge in [-0.3, -0.25) is 9.59 Å². The Morgan fingerprint density at radius 2 is 1.91 bits per heavy atom. The van der Waals surface area contributed by atoms with Crippen LogP contribution in [0.15, 0.2) is 24.3 Å². The molecule has 7 nitrogen and oxygen atoms in total. The van der Waals surface area contributed by atoms with E-state index in [2.05, 4.69) is 0 Å². The van der Waals surface area contributed by atoms with Gasteiger partial charge in [-0.1, -0.05) is 0 Å². The summed E-state index contributed by atoms with van der Waals surface area (Å²) >= 11 is 0. The van der Waals surface area contributed by atoms with Gasteiger partial charge in [0.2, 0.25) is 15.9 Å². The molecule has 0 aromatic heterocycles. The van der Waals surface area contributed by atoms with E-state index in [1.807, 2.05) is 0 Å². The average molecular weight is 325 g/mol. The molecule has 1 fully saturated rings. The molecule has 120 valence electrons. The zero-order chi connectivity index (χ0) is 16.5. The molecule has 1 heterocycles. The average Bonchev–Trinajstić information content (AvgIpc) is 2.76. The Morgan fingerprint density at radius 1 is 1.32 bits per heavy atom. The van der Waals surface area contributed by atoms with Crippen LogP contribution >= 0.6 is 0 Å². The lowest BCUT2D eigenvalue weighted by Crippen LogP contribution is -2.27. The van der Waals surface area contributed by atoms with Crippen LogP contribution in [0.4, 0.5) is 5.69 Å². The van der Waals surface area contributed by atoms with Crippen molar-refractivity contribution in [3.05, 3.63) is 29.8 Å². The molecule has 8 heteroatoms. The molecule has 1 aromatic rings. The number of rotatable bonds is 4. The summed E-state index contributed by atoms with van der Waals surface area (Å²) in [6.07, 6.45) is 0.162. The Bertz CT molecular complexity index is 683. The largest absolute Gasteiger partial charge is 0.345 e. The first-order valence-electron chi connectivity index (χ1n) is 6.80. The van der Waals surface area contributed by atoms with Crippen LogP contribution in [0.1, 0.15) is 16.8 Å². The molecule has 1 saturated heterocycles. The number of carbonyl (C=O) groups is 2. The third-order valence-electron chi connectivity index (χ3n) is 3.51. The summed E-state index contributed by atoms with van der Waals surface area (Å²) in [4.78, 5) is 26.8. The first-order valence-corrected chi connectivity index (χ1v) is 8.51. The highest BCUT2D eigenvalue weighted by Gasteiger charge is 2.32. The summed E-state index contributed by atoms with van der Waals surface area (Å²) in [7, 11) is -0.264. The van der Waals surface area contributed by atoms with Gasteiger partial charge in [0.25, 0.3) is 5.91 Å². The van der Waals surface area contributed by atoms with Gasteiger partial charge in [-0.05, 0) is 24.3 Å². The van der Waals surface area contributed by atoms with Crippen LogP contribution in [0, 0.1) is 5.92 Å². The molecule has 2 amide bonds. The number of benzene rings is 1.